The minimum absolute atomic E-state index is 0.196. The monoisotopic (exact) mass is 241 g/mol. The Morgan fingerprint density at radius 1 is 1.75 bits per heavy atom. The highest BCUT2D eigenvalue weighted by Gasteiger charge is 2.21. The molecule has 0 radical (unpaired) electrons. The fourth-order valence-corrected chi connectivity index (χ4v) is 1.82. The van der Waals surface area contributed by atoms with Gasteiger partial charge < -0.3 is 9.94 Å². The maximum Gasteiger partial charge on any atom is 0.363 e. The number of oxime groups is 1. The molecule has 0 spiro atoms. The molecule has 0 saturated heterocycles. The Bertz CT molecular complexity index is 516. The minimum Gasteiger partial charge on any atom is -0.461 e. The van der Waals surface area contributed by atoms with E-state index in [1.807, 2.05) is 0 Å². The third-order valence-corrected chi connectivity index (χ3v) is 2.58. The van der Waals surface area contributed by atoms with Crippen molar-refractivity contribution in [3.8, 4) is 0 Å². The molecule has 2 aromatic rings. The lowest BCUT2D eigenvalue weighted by Gasteiger charge is -1.99. The predicted molar refractivity (Wildman–Crippen MR) is 53.6 cm³/mol. The van der Waals surface area contributed by atoms with Crippen molar-refractivity contribution in [3.05, 3.63) is 11.3 Å². The highest BCUT2D eigenvalue weighted by Crippen LogP contribution is 2.13. The van der Waals surface area contributed by atoms with Crippen LogP contribution in [0.5, 0.6) is 0 Å². The number of fused-ring (bicyclic) bond motifs is 1. The second kappa shape index (κ2) is 4.23. The Hall–Kier alpha value is -2.03. The lowest BCUT2D eigenvalue weighted by Crippen LogP contribution is -2.18. The lowest BCUT2D eigenvalue weighted by molar-refractivity contribution is -0.135. The highest BCUT2D eigenvalue weighted by atomic mass is 32.1. The molecular formula is C7H7N5O3S. The average Bonchev–Trinajstić information content (AvgIpc) is 2.79. The third-order valence-electron chi connectivity index (χ3n) is 1.66. The van der Waals surface area contributed by atoms with Gasteiger partial charge in [-0.2, -0.15) is 9.61 Å². The van der Waals surface area contributed by atoms with Crippen LogP contribution in [-0.4, -0.2) is 43.3 Å². The van der Waals surface area contributed by atoms with Crippen LogP contribution in [0.1, 0.15) is 11.9 Å². The zero-order chi connectivity index (χ0) is 11.5. The van der Waals surface area contributed by atoms with Gasteiger partial charge in [-0.15, -0.1) is 10.2 Å². The third kappa shape index (κ3) is 1.72. The van der Waals surface area contributed by atoms with Gasteiger partial charge in [0, 0.05) is 0 Å². The molecule has 0 aromatic carbocycles. The second-order valence-corrected chi connectivity index (χ2v) is 3.59. The first-order chi connectivity index (χ1) is 7.76. The topological polar surface area (TPSA) is 102 Å². The minimum atomic E-state index is -0.727. The van der Waals surface area contributed by atoms with E-state index in [1.54, 1.807) is 6.92 Å². The molecular weight excluding hydrogens is 234 g/mol. The Kier molecular flexibility index (Phi) is 2.77. The zero-order valence-corrected chi connectivity index (χ0v) is 9.01. The van der Waals surface area contributed by atoms with E-state index >= 15 is 0 Å². The highest BCUT2D eigenvalue weighted by molar-refractivity contribution is 7.19. The van der Waals surface area contributed by atoms with E-state index in [9.17, 15) is 4.79 Å². The number of hydrogen-bond donors (Lipinski definition) is 1. The summed E-state index contributed by atoms with van der Waals surface area (Å²) >= 11 is 1.08. The fourth-order valence-electron chi connectivity index (χ4n) is 1.03. The molecule has 16 heavy (non-hydrogen) atoms. The molecule has 0 bridgehead atoms. The van der Waals surface area contributed by atoms with Gasteiger partial charge in [0.2, 0.25) is 10.7 Å². The summed E-state index contributed by atoms with van der Waals surface area (Å²) < 4.78 is 6.09. The number of esters is 1. The Morgan fingerprint density at radius 2 is 2.56 bits per heavy atom. The van der Waals surface area contributed by atoms with Gasteiger partial charge in [-0.05, 0) is 6.92 Å². The number of nitrogens with zero attached hydrogens (tertiary/aromatic N) is 5. The summed E-state index contributed by atoms with van der Waals surface area (Å²) in [4.78, 5) is 11.9. The van der Waals surface area contributed by atoms with Crippen LogP contribution in [0.25, 0.3) is 4.96 Å². The van der Waals surface area contributed by atoms with Gasteiger partial charge in [-0.1, -0.05) is 16.5 Å². The smallest absolute Gasteiger partial charge is 0.363 e. The Balaban J connectivity index is 2.35. The van der Waals surface area contributed by atoms with Crippen LogP contribution in [0.15, 0.2) is 11.5 Å². The van der Waals surface area contributed by atoms with Gasteiger partial charge in [0.05, 0.1) is 6.61 Å². The average molecular weight is 241 g/mol. The summed E-state index contributed by atoms with van der Waals surface area (Å²) in [5.74, 6) is -0.727. The van der Waals surface area contributed by atoms with Gasteiger partial charge in [0.25, 0.3) is 0 Å². The first-order valence-electron chi connectivity index (χ1n) is 4.32. The summed E-state index contributed by atoms with van der Waals surface area (Å²) in [6.45, 7) is 1.85. The number of hydrogen-bond acceptors (Lipinski definition) is 8. The van der Waals surface area contributed by atoms with Gasteiger partial charge in [-0.3, -0.25) is 0 Å². The SMILES string of the molecule is CCOC(=O)/C(=N\O)c1nn2cnnc2s1. The maximum absolute atomic E-state index is 11.4. The van der Waals surface area contributed by atoms with Gasteiger partial charge in [0.1, 0.15) is 6.33 Å². The van der Waals surface area contributed by atoms with Gasteiger partial charge in [0.15, 0.2) is 5.01 Å². The molecule has 0 aliphatic carbocycles. The van der Waals surface area contributed by atoms with E-state index in [2.05, 4.69) is 20.5 Å². The van der Waals surface area contributed by atoms with Crippen molar-refractivity contribution in [2.45, 2.75) is 6.92 Å². The second-order valence-electron chi connectivity index (χ2n) is 2.63. The normalized spacial score (nSPS) is 11.9. The van der Waals surface area contributed by atoms with Crippen LogP contribution in [0.2, 0.25) is 0 Å². The molecule has 2 rings (SSSR count). The quantitative estimate of drug-likeness (QED) is 0.349. The standard InChI is InChI=1S/C7H7N5O3S/c1-2-15-6(13)4(11-14)5-10-12-3-8-9-7(12)16-5/h3,14H,2H2,1H3/b11-4-. The molecule has 1 N–H and O–H groups in total. The van der Waals surface area contributed by atoms with E-state index in [1.165, 1.54) is 10.8 Å². The molecule has 0 fully saturated rings. The first-order valence-corrected chi connectivity index (χ1v) is 5.14. The zero-order valence-electron chi connectivity index (χ0n) is 8.19. The number of aromatic nitrogens is 4. The fraction of sp³-hybridized carbons (Fsp3) is 0.286. The van der Waals surface area contributed by atoms with Crippen LogP contribution in [0.3, 0.4) is 0 Å². The first kappa shape index (κ1) is 10.5. The van der Waals surface area contributed by atoms with E-state index in [0.717, 1.165) is 11.3 Å². The summed E-state index contributed by atoms with van der Waals surface area (Å²) in [6.07, 6.45) is 1.38. The summed E-state index contributed by atoms with van der Waals surface area (Å²) in [6, 6.07) is 0. The number of rotatable bonds is 3. The molecule has 9 heteroatoms. The Morgan fingerprint density at radius 3 is 3.19 bits per heavy atom. The molecule has 2 aromatic heterocycles. The summed E-state index contributed by atoms with van der Waals surface area (Å²) in [5.41, 5.74) is -0.239. The van der Waals surface area contributed by atoms with Crippen molar-refractivity contribution < 1.29 is 14.7 Å². The number of ether oxygens (including phenoxy) is 1. The van der Waals surface area contributed by atoms with Gasteiger partial charge >= 0.3 is 5.97 Å². The largest absolute Gasteiger partial charge is 0.461 e. The molecule has 0 atom stereocenters. The predicted octanol–water partition coefficient (Wildman–Crippen LogP) is -0.0728. The van der Waals surface area contributed by atoms with Crippen LogP contribution < -0.4 is 0 Å². The van der Waals surface area contributed by atoms with E-state index in [0.29, 0.717) is 4.96 Å². The molecule has 0 aliphatic rings. The molecule has 0 saturated carbocycles. The van der Waals surface area contributed by atoms with Gasteiger partial charge in [-0.25, -0.2) is 4.79 Å². The molecule has 2 heterocycles. The van der Waals surface area contributed by atoms with Crippen LogP contribution in [-0.2, 0) is 9.53 Å². The molecule has 8 nitrogen and oxygen atoms in total. The molecule has 0 unspecified atom stereocenters. The van der Waals surface area contributed by atoms with Crippen molar-refractivity contribution in [1.29, 1.82) is 0 Å². The molecule has 84 valence electrons. The van der Waals surface area contributed by atoms with Crippen molar-refractivity contribution >= 4 is 28.0 Å². The van der Waals surface area contributed by atoms with E-state index in [4.69, 9.17) is 9.94 Å². The summed E-state index contributed by atoms with van der Waals surface area (Å²) in [5, 5.41) is 23.2. The lowest BCUT2D eigenvalue weighted by atomic mass is 10.4. The van der Waals surface area contributed by atoms with Crippen LogP contribution in [0, 0.1) is 0 Å². The molecule has 0 aliphatic heterocycles. The van der Waals surface area contributed by atoms with Crippen molar-refractivity contribution in [2.75, 3.05) is 6.61 Å². The summed E-state index contributed by atoms with van der Waals surface area (Å²) in [7, 11) is 0. The van der Waals surface area contributed by atoms with Crippen LogP contribution >= 0.6 is 11.3 Å². The van der Waals surface area contributed by atoms with Crippen molar-refractivity contribution in [1.82, 2.24) is 19.8 Å². The number of carbonyl (C=O) groups is 1. The van der Waals surface area contributed by atoms with Crippen molar-refractivity contribution in [2.24, 2.45) is 5.16 Å². The molecule has 0 amide bonds. The van der Waals surface area contributed by atoms with Crippen molar-refractivity contribution in [3.63, 3.8) is 0 Å². The number of carbonyl (C=O) groups excluding carboxylic acids is 1. The maximum atomic E-state index is 11.4. The van der Waals surface area contributed by atoms with E-state index < -0.39 is 5.97 Å². The Labute approximate surface area is 93.2 Å². The van der Waals surface area contributed by atoms with E-state index in [-0.39, 0.29) is 17.3 Å². The van der Waals surface area contributed by atoms with Crippen LogP contribution in [0.4, 0.5) is 0 Å².